The zero-order chi connectivity index (χ0) is 13.0. The average Bonchev–Trinajstić information content (AvgIpc) is 2.35. The van der Waals surface area contributed by atoms with Crippen molar-refractivity contribution < 1.29 is 4.79 Å². The van der Waals surface area contributed by atoms with Crippen LogP contribution in [0.4, 0.5) is 17.1 Å². The lowest BCUT2D eigenvalue weighted by Gasteiger charge is -2.19. The van der Waals surface area contributed by atoms with E-state index in [1.807, 2.05) is 25.1 Å². The van der Waals surface area contributed by atoms with Crippen LogP contribution in [0.3, 0.4) is 0 Å². The summed E-state index contributed by atoms with van der Waals surface area (Å²) in [5.74, 6) is 0.0655. The van der Waals surface area contributed by atoms with Crippen molar-refractivity contribution in [2.45, 2.75) is 26.2 Å². The molecule has 2 rings (SSSR count). The summed E-state index contributed by atoms with van der Waals surface area (Å²) in [7, 11) is 0. The van der Waals surface area contributed by atoms with Crippen LogP contribution in [0.15, 0.2) is 24.3 Å². The van der Waals surface area contributed by atoms with Gasteiger partial charge in [-0.25, -0.2) is 0 Å². The summed E-state index contributed by atoms with van der Waals surface area (Å²) < 4.78 is 0. The highest BCUT2D eigenvalue weighted by molar-refractivity contribution is 5.95. The summed E-state index contributed by atoms with van der Waals surface area (Å²) in [5, 5.41) is 6.17. The number of carbonyl (C=O) groups is 1. The number of amides is 1. The van der Waals surface area contributed by atoms with E-state index in [4.69, 9.17) is 5.73 Å². The molecule has 0 saturated heterocycles. The van der Waals surface area contributed by atoms with Crippen molar-refractivity contribution in [2.24, 2.45) is 0 Å². The maximum atomic E-state index is 11.3. The van der Waals surface area contributed by atoms with Gasteiger partial charge in [0, 0.05) is 18.7 Å². The van der Waals surface area contributed by atoms with Crippen molar-refractivity contribution in [1.29, 1.82) is 0 Å². The number of hydrogen-bond acceptors (Lipinski definition) is 3. The van der Waals surface area contributed by atoms with Crippen LogP contribution in [-0.4, -0.2) is 12.5 Å². The quantitative estimate of drug-likeness (QED) is 0.434. The third-order valence-corrected chi connectivity index (χ3v) is 3.03. The third kappa shape index (κ3) is 2.83. The van der Waals surface area contributed by atoms with E-state index >= 15 is 0 Å². The van der Waals surface area contributed by atoms with Crippen LogP contribution in [0.2, 0.25) is 0 Å². The molecule has 1 amide bonds. The van der Waals surface area contributed by atoms with E-state index in [0.29, 0.717) is 12.1 Å². The van der Waals surface area contributed by atoms with Gasteiger partial charge in [-0.05, 0) is 37.5 Å². The number of hydrogen-bond donors (Lipinski definition) is 3. The van der Waals surface area contributed by atoms with Gasteiger partial charge < -0.3 is 16.4 Å². The molecule has 0 saturated carbocycles. The first-order valence-electron chi connectivity index (χ1n) is 6.28. The molecular weight excluding hydrogens is 226 g/mol. The molecule has 4 N–H and O–H groups in total. The summed E-state index contributed by atoms with van der Waals surface area (Å²) in [4.78, 5) is 11.3. The van der Waals surface area contributed by atoms with Crippen molar-refractivity contribution in [3.8, 4) is 0 Å². The Bertz CT molecular complexity index is 480. The van der Waals surface area contributed by atoms with E-state index in [9.17, 15) is 4.79 Å². The van der Waals surface area contributed by atoms with Gasteiger partial charge in [-0.2, -0.15) is 0 Å². The SMILES string of the molecule is C/C=C/CCNc1cc2c(cc1N)NC(=O)CC2. The molecule has 0 aliphatic carbocycles. The van der Waals surface area contributed by atoms with Gasteiger partial charge in [-0.1, -0.05) is 12.2 Å². The molecule has 0 aromatic heterocycles. The fourth-order valence-electron chi connectivity index (χ4n) is 2.06. The minimum Gasteiger partial charge on any atom is -0.397 e. The Balaban J connectivity index is 2.10. The van der Waals surface area contributed by atoms with Crippen molar-refractivity contribution in [3.63, 3.8) is 0 Å². The molecule has 1 aromatic carbocycles. The van der Waals surface area contributed by atoms with E-state index in [1.165, 1.54) is 0 Å². The molecule has 96 valence electrons. The fourth-order valence-corrected chi connectivity index (χ4v) is 2.06. The van der Waals surface area contributed by atoms with E-state index in [-0.39, 0.29) is 5.91 Å². The Labute approximate surface area is 107 Å². The van der Waals surface area contributed by atoms with Crippen LogP contribution in [0.1, 0.15) is 25.3 Å². The van der Waals surface area contributed by atoms with Crippen LogP contribution in [0.5, 0.6) is 0 Å². The predicted octanol–water partition coefficient (Wildman–Crippen LogP) is 2.53. The summed E-state index contributed by atoms with van der Waals surface area (Å²) >= 11 is 0. The number of nitrogen functional groups attached to an aromatic ring is 1. The Hall–Kier alpha value is -1.97. The summed E-state index contributed by atoms with van der Waals surface area (Å²) in [6, 6.07) is 3.88. The van der Waals surface area contributed by atoms with Crippen LogP contribution in [-0.2, 0) is 11.2 Å². The number of rotatable bonds is 4. The van der Waals surface area contributed by atoms with E-state index in [1.54, 1.807) is 0 Å². The highest BCUT2D eigenvalue weighted by Crippen LogP contribution is 2.30. The van der Waals surface area contributed by atoms with Crippen LogP contribution < -0.4 is 16.4 Å². The molecule has 18 heavy (non-hydrogen) atoms. The van der Waals surface area contributed by atoms with Crippen LogP contribution >= 0.6 is 0 Å². The smallest absolute Gasteiger partial charge is 0.224 e. The topological polar surface area (TPSA) is 67.2 Å². The molecule has 1 aromatic rings. The second-order valence-corrected chi connectivity index (χ2v) is 4.43. The largest absolute Gasteiger partial charge is 0.397 e. The second-order valence-electron chi connectivity index (χ2n) is 4.43. The monoisotopic (exact) mass is 245 g/mol. The normalized spacial score (nSPS) is 14.4. The van der Waals surface area contributed by atoms with Gasteiger partial charge in [-0.15, -0.1) is 0 Å². The zero-order valence-electron chi connectivity index (χ0n) is 10.6. The zero-order valence-corrected chi connectivity index (χ0v) is 10.6. The molecule has 0 atom stereocenters. The molecule has 4 nitrogen and oxygen atoms in total. The molecule has 1 aliphatic rings. The number of fused-ring (bicyclic) bond motifs is 1. The molecule has 0 unspecified atom stereocenters. The molecule has 0 bridgehead atoms. The number of carbonyl (C=O) groups excluding carboxylic acids is 1. The lowest BCUT2D eigenvalue weighted by atomic mass is 10.0. The number of aryl methyl sites for hydroxylation is 1. The number of nitrogens with one attached hydrogen (secondary N) is 2. The predicted molar refractivity (Wildman–Crippen MR) is 75.7 cm³/mol. The van der Waals surface area contributed by atoms with Gasteiger partial charge in [0.1, 0.15) is 0 Å². The van der Waals surface area contributed by atoms with Crippen LogP contribution in [0.25, 0.3) is 0 Å². The molecule has 1 aliphatic heterocycles. The summed E-state index contributed by atoms with van der Waals surface area (Å²) in [6.07, 6.45) is 6.46. The molecule has 0 fully saturated rings. The van der Waals surface area contributed by atoms with Gasteiger partial charge in [0.05, 0.1) is 11.4 Å². The Kier molecular flexibility index (Phi) is 3.87. The van der Waals surface area contributed by atoms with Gasteiger partial charge in [0.25, 0.3) is 0 Å². The number of allylic oxidation sites excluding steroid dienone is 1. The summed E-state index contributed by atoms with van der Waals surface area (Å²) in [5.41, 5.74) is 9.60. The molecule has 0 spiro atoms. The number of nitrogens with two attached hydrogens (primary N) is 1. The highest BCUT2D eigenvalue weighted by Gasteiger charge is 2.16. The first-order valence-corrected chi connectivity index (χ1v) is 6.28. The van der Waals surface area contributed by atoms with Crippen molar-refractivity contribution in [2.75, 3.05) is 22.9 Å². The first-order chi connectivity index (χ1) is 8.70. The molecule has 4 heteroatoms. The van der Waals surface area contributed by atoms with Crippen molar-refractivity contribution in [3.05, 3.63) is 29.8 Å². The molecule has 1 heterocycles. The Morgan fingerprint density at radius 2 is 2.28 bits per heavy atom. The highest BCUT2D eigenvalue weighted by atomic mass is 16.1. The van der Waals surface area contributed by atoms with Gasteiger partial charge >= 0.3 is 0 Å². The minimum atomic E-state index is 0.0655. The minimum absolute atomic E-state index is 0.0655. The van der Waals surface area contributed by atoms with E-state index in [0.717, 1.165) is 36.3 Å². The van der Waals surface area contributed by atoms with Crippen molar-refractivity contribution >= 4 is 23.0 Å². The van der Waals surface area contributed by atoms with E-state index < -0.39 is 0 Å². The number of benzene rings is 1. The fraction of sp³-hybridized carbons (Fsp3) is 0.357. The summed E-state index contributed by atoms with van der Waals surface area (Å²) in [6.45, 7) is 2.87. The second kappa shape index (κ2) is 5.58. The van der Waals surface area contributed by atoms with Gasteiger partial charge in [-0.3, -0.25) is 4.79 Å². The van der Waals surface area contributed by atoms with Gasteiger partial charge in [0.2, 0.25) is 5.91 Å². The average molecular weight is 245 g/mol. The standard InChI is InChI=1S/C14H19N3O/c1-2-3-4-7-16-13-8-10-5-6-14(18)17-12(10)9-11(13)15/h2-3,8-9,16H,4-7,15H2,1H3,(H,17,18)/b3-2+. The van der Waals surface area contributed by atoms with E-state index in [2.05, 4.69) is 16.7 Å². The van der Waals surface area contributed by atoms with Crippen LogP contribution in [0, 0.1) is 0 Å². The Morgan fingerprint density at radius 3 is 3.06 bits per heavy atom. The van der Waals surface area contributed by atoms with Crippen molar-refractivity contribution in [1.82, 2.24) is 0 Å². The van der Waals surface area contributed by atoms with Gasteiger partial charge in [0.15, 0.2) is 0 Å². The maximum Gasteiger partial charge on any atom is 0.224 e. The lowest BCUT2D eigenvalue weighted by molar-refractivity contribution is -0.116. The Morgan fingerprint density at radius 1 is 1.44 bits per heavy atom. The molecule has 0 radical (unpaired) electrons. The molecular formula is C14H19N3O. The third-order valence-electron chi connectivity index (χ3n) is 3.03. The lowest BCUT2D eigenvalue weighted by Crippen LogP contribution is -2.19. The number of anilines is 3. The maximum absolute atomic E-state index is 11.3. The first kappa shape index (κ1) is 12.5.